The van der Waals surface area contributed by atoms with Crippen LogP contribution in [0.25, 0.3) is 0 Å². The van der Waals surface area contributed by atoms with Crippen molar-refractivity contribution in [3.05, 3.63) is 35.4 Å². The Kier molecular flexibility index (Phi) is 4.56. The summed E-state index contributed by atoms with van der Waals surface area (Å²) in [5.74, 6) is 0.238. The molecule has 1 aromatic rings. The molecule has 0 aliphatic heterocycles. The van der Waals surface area contributed by atoms with E-state index in [4.69, 9.17) is 0 Å². The first-order valence-electron chi connectivity index (χ1n) is 8.22. The van der Waals surface area contributed by atoms with Crippen molar-refractivity contribution in [2.75, 3.05) is 0 Å². The van der Waals surface area contributed by atoms with Gasteiger partial charge in [0.1, 0.15) is 6.17 Å². The monoisotopic (exact) mass is 296 g/mol. The number of halogens is 3. The van der Waals surface area contributed by atoms with Gasteiger partial charge in [-0.3, -0.25) is 0 Å². The highest BCUT2D eigenvalue weighted by atomic mass is 19.2. The highest BCUT2D eigenvalue weighted by molar-refractivity contribution is 5.22. The zero-order valence-corrected chi connectivity index (χ0v) is 12.3. The van der Waals surface area contributed by atoms with E-state index in [0.29, 0.717) is 17.8 Å². The summed E-state index contributed by atoms with van der Waals surface area (Å²) in [4.78, 5) is 0. The van der Waals surface area contributed by atoms with Crippen molar-refractivity contribution >= 4 is 0 Å². The van der Waals surface area contributed by atoms with Crippen LogP contribution in [0.3, 0.4) is 0 Å². The van der Waals surface area contributed by atoms with Crippen LogP contribution in [0, 0.1) is 23.5 Å². The zero-order chi connectivity index (χ0) is 14.8. The van der Waals surface area contributed by atoms with Gasteiger partial charge in [0.25, 0.3) is 0 Å². The molecule has 116 valence electrons. The van der Waals surface area contributed by atoms with Gasteiger partial charge in [-0.1, -0.05) is 6.07 Å². The average Bonchev–Trinajstić information content (AvgIpc) is 2.51. The number of benzene rings is 1. The molecule has 2 aliphatic rings. The molecule has 0 atom stereocenters. The molecule has 0 unspecified atom stereocenters. The summed E-state index contributed by atoms with van der Waals surface area (Å²) >= 11 is 0. The van der Waals surface area contributed by atoms with Gasteiger partial charge in [-0.05, 0) is 86.8 Å². The molecule has 0 N–H and O–H groups in total. The molecule has 0 heterocycles. The Morgan fingerprint density at radius 2 is 1.29 bits per heavy atom. The highest BCUT2D eigenvalue weighted by Gasteiger charge is 2.31. The molecular formula is C18H23F3. The van der Waals surface area contributed by atoms with Gasteiger partial charge in [0.2, 0.25) is 0 Å². The topological polar surface area (TPSA) is 0 Å². The molecule has 0 bridgehead atoms. The van der Waals surface area contributed by atoms with Crippen molar-refractivity contribution < 1.29 is 13.2 Å². The second kappa shape index (κ2) is 6.41. The Balaban J connectivity index is 1.56. The van der Waals surface area contributed by atoms with Crippen LogP contribution >= 0.6 is 0 Å². The van der Waals surface area contributed by atoms with Gasteiger partial charge < -0.3 is 0 Å². The predicted octanol–water partition coefficient (Wildman–Crippen LogP) is 5.77. The molecular weight excluding hydrogens is 273 g/mol. The van der Waals surface area contributed by atoms with Gasteiger partial charge in [-0.2, -0.15) is 0 Å². The summed E-state index contributed by atoms with van der Waals surface area (Å²) in [7, 11) is 0. The van der Waals surface area contributed by atoms with Gasteiger partial charge in [0.15, 0.2) is 11.6 Å². The smallest absolute Gasteiger partial charge is 0.159 e. The van der Waals surface area contributed by atoms with E-state index >= 15 is 0 Å². The Bertz CT molecular complexity index is 469. The molecule has 21 heavy (non-hydrogen) atoms. The summed E-state index contributed by atoms with van der Waals surface area (Å²) < 4.78 is 39.5. The SMILES string of the molecule is Fc1ccc(C2CCC(C3CCC(F)CC3)CC2)cc1F. The van der Waals surface area contributed by atoms with Crippen LogP contribution in [0.2, 0.25) is 0 Å². The maximum absolute atomic E-state index is 13.3. The quantitative estimate of drug-likeness (QED) is 0.650. The number of rotatable bonds is 2. The van der Waals surface area contributed by atoms with E-state index in [1.54, 1.807) is 6.07 Å². The normalized spacial score (nSPS) is 33.9. The van der Waals surface area contributed by atoms with Crippen molar-refractivity contribution in [2.45, 2.75) is 63.5 Å². The van der Waals surface area contributed by atoms with Crippen LogP contribution in [0.4, 0.5) is 13.2 Å². The number of hydrogen-bond donors (Lipinski definition) is 0. The lowest BCUT2D eigenvalue weighted by Crippen LogP contribution is -2.25. The van der Waals surface area contributed by atoms with Gasteiger partial charge >= 0.3 is 0 Å². The Hall–Kier alpha value is -0.990. The Labute approximate surface area is 124 Å². The third kappa shape index (κ3) is 3.44. The lowest BCUT2D eigenvalue weighted by Gasteiger charge is -2.36. The molecule has 0 spiro atoms. The van der Waals surface area contributed by atoms with E-state index in [1.165, 1.54) is 12.1 Å². The lowest BCUT2D eigenvalue weighted by atomic mass is 9.69. The summed E-state index contributed by atoms with van der Waals surface area (Å²) in [6, 6.07) is 4.31. The van der Waals surface area contributed by atoms with E-state index in [2.05, 4.69) is 0 Å². The minimum Gasteiger partial charge on any atom is -0.247 e. The third-order valence-corrected chi connectivity index (χ3v) is 5.55. The predicted molar refractivity (Wildman–Crippen MR) is 77.9 cm³/mol. The Morgan fingerprint density at radius 3 is 1.86 bits per heavy atom. The lowest BCUT2D eigenvalue weighted by molar-refractivity contribution is 0.138. The molecule has 0 aromatic heterocycles. The van der Waals surface area contributed by atoms with Crippen LogP contribution in [-0.2, 0) is 0 Å². The summed E-state index contributed by atoms with van der Waals surface area (Å²) in [5.41, 5.74) is 0.930. The second-order valence-electron chi connectivity index (χ2n) is 6.80. The third-order valence-electron chi connectivity index (χ3n) is 5.55. The highest BCUT2D eigenvalue weighted by Crippen LogP contribution is 2.43. The molecule has 3 heteroatoms. The molecule has 3 rings (SSSR count). The van der Waals surface area contributed by atoms with Crippen molar-refractivity contribution in [1.82, 2.24) is 0 Å². The van der Waals surface area contributed by atoms with E-state index < -0.39 is 17.8 Å². The molecule has 0 saturated heterocycles. The average molecular weight is 296 g/mol. The van der Waals surface area contributed by atoms with Gasteiger partial charge in [0, 0.05) is 0 Å². The maximum atomic E-state index is 13.3. The van der Waals surface area contributed by atoms with Crippen molar-refractivity contribution in [1.29, 1.82) is 0 Å². The van der Waals surface area contributed by atoms with Gasteiger partial charge in [-0.15, -0.1) is 0 Å². The molecule has 2 saturated carbocycles. The van der Waals surface area contributed by atoms with E-state index in [9.17, 15) is 13.2 Å². The van der Waals surface area contributed by atoms with Gasteiger partial charge in [0.05, 0.1) is 0 Å². The molecule has 0 radical (unpaired) electrons. The van der Waals surface area contributed by atoms with Crippen LogP contribution in [0.5, 0.6) is 0 Å². The van der Waals surface area contributed by atoms with Crippen molar-refractivity contribution in [3.8, 4) is 0 Å². The fourth-order valence-corrected chi connectivity index (χ4v) is 4.24. The van der Waals surface area contributed by atoms with Crippen LogP contribution in [0.1, 0.15) is 62.8 Å². The summed E-state index contributed by atoms with van der Waals surface area (Å²) in [6.45, 7) is 0. The summed E-state index contributed by atoms with van der Waals surface area (Å²) in [6.07, 6.45) is 7.32. The fraction of sp³-hybridized carbons (Fsp3) is 0.667. The molecule has 2 aliphatic carbocycles. The summed E-state index contributed by atoms with van der Waals surface area (Å²) in [5, 5.41) is 0. The largest absolute Gasteiger partial charge is 0.247 e. The molecule has 0 nitrogen and oxygen atoms in total. The molecule has 0 amide bonds. The maximum Gasteiger partial charge on any atom is 0.159 e. The number of alkyl halides is 1. The van der Waals surface area contributed by atoms with Gasteiger partial charge in [-0.25, -0.2) is 13.2 Å². The second-order valence-corrected chi connectivity index (χ2v) is 6.80. The standard InChI is InChI=1S/C18H23F3/c19-16-8-5-13(6-9-16)12-1-3-14(4-2-12)15-7-10-17(20)18(21)11-15/h7,10-14,16H,1-6,8-9H2. The van der Waals surface area contributed by atoms with E-state index in [-0.39, 0.29) is 0 Å². The molecule has 2 fully saturated rings. The first-order chi connectivity index (χ1) is 10.1. The van der Waals surface area contributed by atoms with E-state index in [0.717, 1.165) is 56.9 Å². The molecule has 1 aromatic carbocycles. The minimum absolute atomic E-state index is 0.355. The van der Waals surface area contributed by atoms with Crippen LogP contribution in [-0.4, -0.2) is 6.17 Å². The first kappa shape index (κ1) is 14.9. The first-order valence-corrected chi connectivity index (χ1v) is 8.22. The van der Waals surface area contributed by atoms with Crippen LogP contribution < -0.4 is 0 Å². The Morgan fingerprint density at radius 1 is 0.714 bits per heavy atom. The van der Waals surface area contributed by atoms with Crippen molar-refractivity contribution in [2.24, 2.45) is 11.8 Å². The number of hydrogen-bond acceptors (Lipinski definition) is 0. The van der Waals surface area contributed by atoms with Crippen molar-refractivity contribution in [3.63, 3.8) is 0 Å². The van der Waals surface area contributed by atoms with Crippen LogP contribution in [0.15, 0.2) is 18.2 Å². The van der Waals surface area contributed by atoms with E-state index in [1.807, 2.05) is 0 Å². The fourth-order valence-electron chi connectivity index (χ4n) is 4.24. The minimum atomic E-state index is -0.768. The zero-order valence-electron chi connectivity index (χ0n) is 12.3.